The first-order valence-corrected chi connectivity index (χ1v) is 10.1. The van der Waals surface area contributed by atoms with E-state index in [0.717, 1.165) is 23.2 Å². The molecule has 5 heteroatoms. The summed E-state index contributed by atoms with van der Waals surface area (Å²) in [6.07, 6.45) is 2.37. The Balaban J connectivity index is 1.81. The van der Waals surface area contributed by atoms with Gasteiger partial charge in [0.15, 0.2) is 5.70 Å². The van der Waals surface area contributed by atoms with E-state index in [2.05, 4.69) is 0 Å². The number of phenols is 1. The summed E-state index contributed by atoms with van der Waals surface area (Å²) in [6.45, 7) is 6.51. The molecule has 2 aromatic carbocycles. The number of aromatic hydroxyl groups is 1. The van der Waals surface area contributed by atoms with Crippen molar-refractivity contribution in [1.29, 1.82) is 0 Å². The van der Waals surface area contributed by atoms with Crippen molar-refractivity contribution in [3.05, 3.63) is 71.1 Å². The Hall–Kier alpha value is -2.95. The standard InChI is InChI=1S/C24H29NO4/c1-4-14-25(19-7-5-6-17(2)15-19)22-21(27)16-24(3,29-23(22)28)13-12-18-8-10-20(26)11-9-18/h5-11,15,26-27H,4,12-14,16H2,1-3H3. The minimum absolute atomic E-state index is 0.0735. The number of aliphatic hydroxyl groups excluding tert-OH is 1. The van der Waals surface area contributed by atoms with Crippen LogP contribution < -0.4 is 4.90 Å². The van der Waals surface area contributed by atoms with Crippen molar-refractivity contribution in [2.45, 2.75) is 52.1 Å². The number of rotatable bonds is 7. The fourth-order valence-electron chi connectivity index (χ4n) is 3.73. The number of aliphatic hydroxyl groups is 1. The molecule has 0 aromatic heterocycles. The zero-order chi connectivity index (χ0) is 21.0. The number of cyclic esters (lactones) is 1. The summed E-state index contributed by atoms with van der Waals surface area (Å²) < 4.78 is 5.83. The number of benzene rings is 2. The number of nitrogens with zero attached hydrogens (tertiary/aromatic N) is 1. The average molecular weight is 395 g/mol. The fraction of sp³-hybridized carbons (Fsp3) is 0.375. The van der Waals surface area contributed by atoms with Gasteiger partial charge in [0.25, 0.3) is 0 Å². The predicted molar refractivity (Wildman–Crippen MR) is 114 cm³/mol. The van der Waals surface area contributed by atoms with Crippen LogP contribution in [0.25, 0.3) is 0 Å². The van der Waals surface area contributed by atoms with Gasteiger partial charge in [0.1, 0.15) is 17.1 Å². The summed E-state index contributed by atoms with van der Waals surface area (Å²) in [5, 5.41) is 20.3. The van der Waals surface area contributed by atoms with Gasteiger partial charge in [-0.3, -0.25) is 0 Å². The van der Waals surface area contributed by atoms with Gasteiger partial charge in [-0.15, -0.1) is 0 Å². The summed E-state index contributed by atoms with van der Waals surface area (Å²) in [7, 11) is 0. The first-order valence-electron chi connectivity index (χ1n) is 10.1. The lowest BCUT2D eigenvalue weighted by Gasteiger charge is -2.37. The molecule has 1 heterocycles. The average Bonchev–Trinajstić information content (AvgIpc) is 2.66. The van der Waals surface area contributed by atoms with E-state index in [1.807, 2.05) is 62.1 Å². The molecule has 29 heavy (non-hydrogen) atoms. The summed E-state index contributed by atoms with van der Waals surface area (Å²) in [5.41, 5.74) is 2.47. The van der Waals surface area contributed by atoms with Crippen LogP contribution in [0.15, 0.2) is 60.0 Å². The molecule has 154 valence electrons. The minimum Gasteiger partial charge on any atom is -0.510 e. The maximum Gasteiger partial charge on any atom is 0.359 e. The normalized spacial score (nSPS) is 19.2. The van der Waals surface area contributed by atoms with E-state index in [4.69, 9.17) is 4.74 Å². The third kappa shape index (κ3) is 4.91. The third-order valence-electron chi connectivity index (χ3n) is 5.26. The SMILES string of the molecule is CCCN(C1=C(O)CC(C)(CCc2ccc(O)cc2)OC1=O)c1cccc(C)c1. The second-order valence-corrected chi connectivity index (χ2v) is 7.97. The van der Waals surface area contributed by atoms with Crippen LogP contribution in [0.3, 0.4) is 0 Å². The topological polar surface area (TPSA) is 70.0 Å². The van der Waals surface area contributed by atoms with Gasteiger partial charge in [-0.05, 0) is 68.5 Å². The Kier molecular flexibility index (Phi) is 6.16. The van der Waals surface area contributed by atoms with E-state index in [1.54, 1.807) is 12.1 Å². The van der Waals surface area contributed by atoms with Crippen molar-refractivity contribution in [2.24, 2.45) is 0 Å². The molecule has 0 saturated carbocycles. The summed E-state index contributed by atoms with van der Waals surface area (Å²) in [4.78, 5) is 14.8. The first kappa shape index (κ1) is 20.8. The molecular formula is C24H29NO4. The Morgan fingerprint density at radius 3 is 2.48 bits per heavy atom. The van der Waals surface area contributed by atoms with E-state index >= 15 is 0 Å². The minimum atomic E-state index is -0.771. The van der Waals surface area contributed by atoms with Gasteiger partial charge in [0.05, 0.1) is 0 Å². The number of phenolic OH excluding ortho intramolecular Hbond substituents is 1. The van der Waals surface area contributed by atoms with Gasteiger partial charge in [0, 0.05) is 18.7 Å². The van der Waals surface area contributed by atoms with E-state index in [1.165, 1.54) is 0 Å². The number of carbonyl (C=O) groups is 1. The van der Waals surface area contributed by atoms with Crippen LogP contribution in [0.2, 0.25) is 0 Å². The van der Waals surface area contributed by atoms with E-state index in [9.17, 15) is 15.0 Å². The molecule has 1 atom stereocenters. The van der Waals surface area contributed by atoms with Crippen molar-refractivity contribution in [3.63, 3.8) is 0 Å². The van der Waals surface area contributed by atoms with Crippen molar-refractivity contribution < 1.29 is 19.7 Å². The highest BCUT2D eigenvalue weighted by Gasteiger charge is 2.40. The van der Waals surface area contributed by atoms with Crippen LogP contribution in [0.4, 0.5) is 5.69 Å². The molecular weight excluding hydrogens is 366 g/mol. The highest BCUT2D eigenvalue weighted by atomic mass is 16.6. The van der Waals surface area contributed by atoms with Crippen LogP contribution in [-0.2, 0) is 16.0 Å². The van der Waals surface area contributed by atoms with Crippen LogP contribution in [0.5, 0.6) is 5.75 Å². The monoisotopic (exact) mass is 395 g/mol. The molecule has 0 aliphatic carbocycles. The largest absolute Gasteiger partial charge is 0.510 e. The van der Waals surface area contributed by atoms with Gasteiger partial charge in [-0.2, -0.15) is 0 Å². The number of hydrogen-bond donors (Lipinski definition) is 2. The lowest BCUT2D eigenvalue weighted by molar-refractivity contribution is -0.157. The number of esters is 1. The zero-order valence-corrected chi connectivity index (χ0v) is 17.3. The summed E-state index contributed by atoms with van der Waals surface area (Å²) in [5.74, 6) is -0.192. The molecule has 5 nitrogen and oxygen atoms in total. The molecule has 3 rings (SSSR count). The summed E-state index contributed by atoms with van der Waals surface area (Å²) >= 11 is 0. The first-order chi connectivity index (χ1) is 13.8. The molecule has 1 aliphatic rings. The summed E-state index contributed by atoms with van der Waals surface area (Å²) in [6, 6.07) is 14.9. The Bertz CT molecular complexity index is 903. The predicted octanol–water partition coefficient (Wildman–Crippen LogP) is 5.03. The second-order valence-electron chi connectivity index (χ2n) is 7.97. The zero-order valence-electron chi connectivity index (χ0n) is 17.3. The van der Waals surface area contributed by atoms with Crippen LogP contribution in [-0.4, -0.2) is 28.3 Å². The van der Waals surface area contributed by atoms with Crippen molar-refractivity contribution in [3.8, 4) is 5.75 Å². The Morgan fingerprint density at radius 2 is 1.86 bits per heavy atom. The molecule has 0 spiro atoms. The van der Waals surface area contributed by atoms with Gasteiger partial charge >= 0.3 is 5.97 Å². The number of hydrogen-bond acceptors (Lipinski definition) is 5. The molecule has 2 N–H and O–H groups in total. The van der Waals surface area contributed by atoms with E-state index in [-0.39, 0.29) is 23.6 Å². The lowest BCUT2D eigenvalue weighted by Crippen LogP contribution is -2.43. The number of anilines is 1. The molecule has 0 fully saturated rings. The molecule has 0 saturated heterocycles. The van der Waals surface area contributed by atoms with E-state index < -0.39 is 11.6 Å². The maximum absolute atomic E-state index is 12.9. The number of ether oxygens (including phenoxy) is 1. The molecule has 0 amide bonds. The van der Waals surface area contributed by atoms with Gasteiger partial charge in [0.2, 0.25) is 0 Å². The van der Waals surface area contributed by atoms with E-state index in [0.29, 0.717) is 19.4 Å². The molecule has 0 radical (unpaired) electrons. The van der Waals surface area contributed by atoms with Gasteiger partial charge in [-0.25, -0.2) is 4.79 Å². The Labute approximate surface area is 172 Å². The van der Waals surface area contributed by atoms with Gasteiger partial charge in [-0.1, -0.05) is 31.2 Å². The maximum atomic E-state index is 12.9. The molecule has 1 aliphatic heterocycles. The second kappa shape index (κ2) is 8.60. The molecule has 1 unspecified atom stereocenters. The lowest BCUT2D eigenvalue weighted by atomic mass is 9.90. The number of aryl methyl sites for hydroxylation is 2. The highest BCUT2D eigenvalue weighted by Crippen LogP contribution is 2.35. The number of carbonyl (C=O) groups excluding carboxylic acids is 1. The van der Waals surface area contributed by atoms with Gasteiger partial charge < -0.3 is 19.8 Å². The van der Waals surface area contributed by atoms with Crippen LogP contribution in [0, 0.1) is 6.92 Å². The van der Waals surface area contributed by atoms with Crippen molar-refractivity contribution in [2.75, 3.05) is 11.4 Å². The van der Waals surface area contributed by atoms with Crippen molar-refractivity contribution >= 4 is 11.7 Å². The molecule has 2 aromatic rings. The Morgan fingerprint density at radius 1 is 1.14 bits per heavy atom. The van der Waals surface area contributed by atoms with Crippen LogP contribution >= 0.6 is 0 Å². The van der Waals surface area contributed by atoms with Crippen LogP contribution in [0.1, 0.15) is 44.2 Å². The molecule has 0 bridgehead atoms. The van der Waals surface area contributed by atoms with Crippen molar-refractivity contribution in [1.82, 2.24) is 0 Å². The highest BCUT2D eigenvalue weighted by molar-refractivity contribution is 5.94. The fourth-order valence-corrected chi connectivity index (χ4v) is 3.73. The third-order valence-corrected chi connectivity index (χ3v) is 5.26. The smallest absolute Gasteiger partial charge is 0.359 e. The quantitative estimate of drug-likeness (QED) is 0.644.